The molecule has 0 unspecified atom stereocenters. The van der Waals surface area contributed by atoms with E-state index in [4.69, 9.17) is 5.11 Å². The molecule has 0 aromatic heterocycles. The van der Waals surface area contributed by atoms with Crippen LogP contribution < -0.4 is 0 Å². The fourth-order valence-corrected chi connectivity index (χ4v) is 0.694. The van der Waals surface area contributed by atoms with Crippen molar-refractivity contribution in [3.8, 4) is 0 Å². The maximum absolute atomic E-state index is 7.00. The number of aliphatic hydroxyl groups is 1. The van der Waals surface area contributed by atoms with E-state index in [1.54, 1.807) is 0 Å². The van der Waals surface area contributed by atoms with Crippen LogP contribution in [0, 0.1) is 6.92 Å². The topological polar surface area (TPSA) is 20.2 Å². The van der Waals surface area contributed by atoms with Gasteiger partial charge in [0.15, 0.2) is 0 Å². The second kappa shape index (κ2) is 5.33. The first-order valence-corrected chi connectivity index (χ1v) is 3.44. The van der Waals surface area contributed by atoms with Crippen molar-refractivity contribution in [3.05, 3.63) is 29.8 Å². The highest BCUT2D eigenvalue weighted by atomic mass is 32.1. The molecule has 56 valence electrons. The van der Waals surface area contributed by atoms with E-state index in [2.05, 4.69) is 19.6 Å². The van der Waals surface area contributed by atoms with Crippen molar-refractivity contribution in [1.82, 2.24) is 0 Å². The molecule has 0 aliphatic rings. The summed E-state index contributed by atoms with van der Waals surface area (Å²) in [5.74, 6) is 0. The molecule has 0 aliphatic heterocycles. The molecule has 0 radical (unpaired) electrons. The van der Waals surface area contributed by atoms with Gasteiger partial charge in [-0.2, -0.15) is 0 Å². The van der Waals surface area contributed by atoms with Crippen LogP contribution in [0.15, 0.2) is 29.2 Å². The molecule has 2 heteroatoms. The zero-order valence-electron chi connectivity index (χ0n) is 6.20. The molecule has 1 rings (SSSR count). The zero-order chi connectivity index (χ0) is 7.98. The highest BCUT2D eigenvalue weighted by Gasteiger charge is 1.80. The average Bonchev–Trinajstić information content (AvgIpc) is 2.00. The molecular formula is C8H12OS. The predicted octanol–water partition coefficient (Wildman–Crippen LogP) is 1.89. The first-order valence-electron chi connectivity index (χ1n) is 2.99. The summed E-state index contributed by atoms with van der Waals surface area (Å²) in [5.41, 5.74) is 1.28. The number of thiol groups is 1. The van der Waals surface area contributed by atoms with E-state index in [0.29, 0.717) is 0 Å². The fourth-order valence-electron chi connectivity index (χ4n) is 0.545. The third-order valence-corrected chi connectivity index (χ3v) is 1.33. The van der Waals surface area contributed by atoms with Gasteiger partial charge in [-0.1, -0.05) is 17.7 Å². The minimum absolute atomic E-state index is 1.00. The van der Waals surface area contributed by atoms with Gasteiger partial charge >= 0.3 is 0 Å². The largest absolute Gasteiger partial charge is 0.400 e. The van der Waals surface area contributed by atoms with Gasteiger partial charge in [-0.15, -0.1) is 12.6 Å². The molecule has 0 saturated heterocycles. The van der Waals surface area contributed by atoms with Crippen LogP contribution in [0.2, 0.25) is 0 Å². The van der Waals surface area contributed by atoms with Gasteiger partial charge in [0.05, 0.1) is 0 Å². The Morgan fingerprint density at radius 3 is 1.80 bits per heavy atom. The van der Waals surface area contributed by atoms with Gasteiger partial charge in [-0.25, -0.2) is 0 Å². The number of hydrogen-bond donors (Lipinski definition) is 2. The summed E-state index contributed by atoms with van der Waals surface area (Å²) in [6.07, 6.45) is 0. The number of benzene rings is 1. The van der Waals surface area contributed by atoms with Crippen LogP contribution in [0.1, 0.15) is 5.56 Å². The summed E-state index contributed by atoms with van der Waals surface area (Å²) in [6, 6.07) is 8.06. The van der Waals surface area contributed by atoms with Gasteiger partial charge in [-0.3, -0.25) is 0 Å². The number of rotatable bonds is 0. The quantitative estimate of drug-likeness (QED) is 0.550. The van der Waals surface area contributed by atoms with Gasteiger partial charge in [0.25, 0.3) is 0 Å². The summed E-state index contributed by atoms with van der Waals surface area (Å²) < 4.78 is 0. The van der Waals surface area contributed by atoms with Crippen LogP contribution in [0.3, 0.4) is 0 Å². The summed E-state index contributed by atoms with van der Waals surface area (Å²) in [4.78, 5) is 1.02. The van der Waals surface area contributed by atoms with Crippen molar-refractivity contribution < 1.29 is 5.11 Å². The summed E-state index contributed by atoms with van der Waals surface area (Å²) >= 11 is 4.13. The molecule has 0 fully saturated rings. The van der Waals surface area contributed by atoms with E-state index in [1.807, 2.05) is 24.3 Å². The van der Waals surface area contributed by atoms with Crippen molar-refractivity contribution in [3.63, 3.8) is 0 Å². The molecular weight excluding hydrogens is 144 g/mol. The molecule has 0 aliphatic carbocycles. The molecule has 0 bridgehead atoms. The molecule has 1 N–H and O–H groups in total. The van der Waals surface area contributed by atoms with Crippen LogP contribution in [0.25, 0.3) is 0 Å². The Balaban J connectivity index is 0.000000371. The van der Waals surface area contributed by atoms with Crippen LogP contribution in [-0.4, -0.2) is 12.2 Å². The molecule has 0 amide bonds. The molecule has 1 aromatic rings. The second-order valence-corrected chi connectivity index (χ2v) is 2.35. The van der Waals surface area contributed by atoms with Crippen molar-refractivity contribution >= 4 is 12.6 Å². The molecule has 0 saturated carbocycles. The normalized spacial score (nSPS) is 8.00. The first-order chi connectivity index (χ1) is 4.79. The first kappa shape index (κ1) is 9.53. The van der Waals surface area contributed by atoms with Crippen LogP contribution in [0.4, 0.5) is 0 Å². The lowest BCUT2D eigenvalue weighted by molar-refractivity contribution is 0.399. The molecule has 1 aromatic carbocycles. The van der Waals surface area contributed by atoms with E-state index in [0.717, 1.165) is 12.0 Å². The van der Waals surface area contributed by atoms with Crippen LogP contribution >= 0.6 is 12.6 Å². The van der Waals surface area contributed by atoms with Gasteiger partial charge in [0.2, 0.25) is 0 Å². The van der Waals surface area contributed by atoms with Crippen LogP contribution in [-0.2, 0) is 0 Å². The summed E-state index contributed by atoms with van der Waals surface area (Å²) in [5, 5.41) is 7.00. The Morgan fingerprint density at radius 2 is 1.50 bits per heavy atom. The molecule has 0 heterocycles. The van der Waals surface area contributed by atoms with Gasteiger partial charge < -0.3 is 5.11 Å². The minimum atomic E-state index is 1.00. The van der Waals surface area contributed by atoms with Gasteiger partial charge in [0, 0.05) is 12.0 Å². The van der Waals surface area contributed by atoms with E-state index in [1.165, 1.54) is 5.56 Å². The lowest BCUT2D eigenvalue weighted by Gasteiger charge is -1.89. The summed E-state index contributed by atoms with van der Waals surface area (Å²) in [7, 11) is 1.00. The smallest absolute Gasteiger partial charge is 0.0319 e. The lowest BCUT2D eigenvalue weighted by Crippen LogP contribution is -1.67. The average molecular weight is 156 g/mol. The zero-order valence-corrected chi connectivity index (χ0v) is 7.10. The van der Waals surface area contributed by atoms with Crippen molar-refractivity contribution in [1.29, 1.82) is 0 Å². The highest BCUT2D eigenvalue weighted by Crippen LogP contribution is 2.05. The fraction of sp³-hybridized carbons (Fsp3) is 0.250. The molecule has 0 atom stereocenters. The Morgan fingerprint density at radius 1 is 1.10 bits per heavy atom. The van der Waals surface area contributed by atoms with Crippen molar-refractivity contribution in [2.24, 2.45) is 0 Å². The number of aliphatic hydroxyl groups excluding tert-OH is 1. The minimum Gasteiger partial charge on any atom is -0.400 e. The second-order valence-electron chi connectivity index (χ2n) is 1.84. The SMILES string of the molecule is CO.Cc1ccc(S)cc1. The van der Waals surface area contributed by atoms with E-state index in [-0.39, 0.29) is 0 Å². The highest BCUT2D eigenvalue weighted by molar-refractivity contribution is 7.80. The lowest BCUT2D eigenvalue weighted by atomic mass is 10.2. The number of aryl methyl sites for hydroxylation is 1. The Labute approximate surface area is 67.1 Å². The molecule has 1 nitrogen and oxygen atoms in total. The molecule has 10 heavy (non-hydrogen) atoms. The van der Waals surface area contributed by atoms with E-state index >= 15 is 0 Å². The Hall–Kier alpha value is -0.470. The molecule has 0 spiro atoms. The number of hydrogen-bond acceptors (Lipinski definition) is 2. The van der Waals surface area contributed by atoms with E-state index in [9.17, 15) is 0 Å². The maximum atomic E-state index is 7.00. The monoisotopic (exact) mass is 156 g/mol. The summed E-state index contributed by atoms with van der Waals surface area (Å²) in [6.45, 7) is 2.06. The van der Waals surface area contributed by atoms with Gasteiger partial charge in [0.1, 0.15) is 0 Å². The predicted molar refractivity (Wildman–Crippen MR) is 46.6 cm³/mol. The maximum Gasteiger partial charge on any atom is 0.0319 e. The van der Waals surface area contributed by atoms with Crippen molar-refractivity contribution in [2.75, 3.05) is 7.11 Å². The van der Waals surface area contributed by atoms with E-state index < -0.39 is 0 Å². The Kier molecular flexibility index (Phi) is 5.08. The standard InChI is InChI=1S/C7H8S.CH4O/c1-6-2-4-7(8)5-3-6;1-2/h2-5,8H,1H3;2H,1H3. The Bertz CT molecular complexity index is 148. The van der Waals surface area contributed by atoms with Crippen molar-refractivity contribution in [2.45, 2.75) is 11.8 Å². The van der Waals surface area contributed by atoms with Gasteiger partial charge in [-0.05, 0) is 19.1 Å². The third-order valence-electron chi connectivity index (χ3n) is 1.03. The van der Waals surface area contributed by atoms with Crippen LogP contribution in [0.5, 0.6) is 0 Å². The third kappa shape index (κ3) is 3.54.